The third-order valence-electron chi connectivity index (χ3n) is 11.9. The first-order chi connectivity index (χ1) is 29.2. The van der Waals surface area contributed by atoms with Crippen molar-refractivity contribution in [1.29, 1.82) is 0 Å². The normalized spacial score (nSPS) is 11.7. The predicted octanol–water partition coefficient (Wildman–Crippen LogP) is 16.3. The molecule has 3 nitrogen and oxygen atoms in total. The van der Waals surface area contributed by atoms with Crippen LogP contribution in [0.5, 0.6) is 0 Å². The van der Waals surface area contributed by atoms with Gasteiger partial charge in [-0.05, 0) is 98.6 Å². The average molecular weight is 754 g/mol. The van der Waals surface area contributed by atoms with E-state index in [2.05, 4.69) is 211 Å². The van der Waals surface area contributed by atoms with E-state index in [4.69, 9.17) is 8.83 Å². The Balaban J connectivity index is 0.993. The van der Waals surface area contributed by atoms with Crippen LogP contribution in [-0.4, -0.2) is 0 Å². The number of rotatable bonds is 6. The van der Waals surface area contributed by atoms with Crippen LogP contribution in [0.4, 0.5) is 17.1 Å². The van der Waals surface area contributed by atoms with E-state index >= 15 is 0 Å². The average Bonchev–Trinajstić information content (AvgIpc) is 3.89. The number of hydrogen-bond acceptors (Lipinski definition) is 3. The second-order valence-corrected chi connectivity index (χ2v) is 15.2. The Morgan fingerprint density at radius 2 is 0.898 bits per heavy atom. The summed E-state index contributed by atoms with van der Waals surface area (Å²) in [5, 5.41) is 9.16. The SMILES string of the molecule is c1ccc(-c2cccc3c2oc2ccc(-c4ccc(N(c5ccc(-c6cccc7ccccc67)cc5)c5cccc6oc7c8ccccc8ccc7c56)cc4)cc23)cc1. The van der Waals surface area contributed by atoms with Gasteiger partial charge in [0, 0.05) is 38.5 Å². The van der Waals surface area contributed by atoms with Crippen molar-refractivity contribution in [1.82, 2.24) is 0 Å². The molecule has 0 fully saturated rings. The molecule has 0 atom stereocenters. The number of benzene rings is 10. The van der Waals surface area contributed by atoms with Gasteiger partial charge in [0.15, 0.2) is 0 Å². The molecule has 2 aromatic heterocycles. The molecular formula is C56H35NO2. The molecule has 2 heterocycles. The summed E-state index contributed by atoms with van der Waals surface area (Å²) in [7, 11) is 0. The fourth-order valence-electron chi connectivity index (χ4n) is 9.04. The van der Waals surface area contributed by atoms with Crippen molar-refractivity contribution in [2.75, 3.05) is 4.90 Å². The van der Waals surface area contributed by atoms with Crippen molar-refractivity contribution < 1.29 is 8.83 Å². The van der Waals surface area contributed by atoms with E-state index in [9.17, 15) is 0 Å². The maximum absolute atomic E-state index is 6.68. The molecule has 0 aliphatic heterocycles. The molecule has 0 spiro atoms. The van der Waals surface area contributed by atoms with Gasteiger partial charge in [0.25, 0.3) is 0 Å². The number of nitrogens with zero attached hydrogens (tertiary/aromatic N) is 1. The summed E-state index contributed by atoms with van der Waals surface area (Å²) in [6.45, 7) is 0. The molecule has 276 valence electrons. The molecule has 3 heteroatoms. The first-order valence-corrected chi connectivity index (χ1v) is 20.1. The Bertz CT molecular complexity index is 3540. The highest BCUT2D eigenvalue weighted by molar-refractivity contribution is 6.19. The molecule has 0 N–H and O–H groups in total. The van der Waals surface area contributed by atoms with Crippen molar-refractivity contribution in [2.45, 2.75) is 0 Å². The Kier molecular flexibility index (Phi) is 7.54. The van der Waals surface area contributed by atoms with Crippen molar-refractivity contribution >= 4 is 82.5 Å². The molecule has 0 bridgehead atoms. The first kappa shape index (κ1) is 33.3. The van der Waals surface area contributed by atoms with Crippen LogP contribution in [0.3, 0.4) is 0 Å². The zero-order chi connectivity index (χ0) is 38.9. The van der Waals surface area contributed by atoms with Gasteiger partial charge in [-0.15, -0.1) is 0 Å². The fourth-order valence-corrected chi connectivity index (χ4v) is 9.04. The van der Waals surface area contributed by atoms with Crippen molar-refractivity contribution in [3.05, 3.63) is 212 Å². The number of hydrogen-bond donors (Lipinski definition) is 0. The summed E-state index contributed by atoms with van der Waals surface area (Å²) in [6, 6.07) is 75.6. The van der Waals surface area contributed by atoms with Crippen LogP contribution >= 0.6 is 0 Å². The van der Waals surface area contributed by atoms with Gasteiger partial charge < -0.3 is 13.7 Å². The van der Waals surface area contributed by atoms with Gasteiger partial charge in [-0.2, -0.15) is 0 Å². The van der Waals surface area contributed by atoms with E-state index in [0.717, 1.165) is 94.0 Å². The summed E-state index contributed by atoms with van der Waals surface area (Å²) >= 11 is 0. The van der Waals surface area contributed by atoms with Crippen LogP contribution in [0, 0.1) is 0 Å². The summed E-state index contributed by atoms with van der Waals surface area (Å²) in [4.78, 5) is 2.36. The van der Waals surface area contributed by atoms with Gasteiger partial charge >= 0.3 is 0 Å². The maximum Gasteiger partial charge on any atom is 0.143 e. The number of furan rings is 2. The molecule has 0 radical (unpaired) electrons. The Morgan fingerprint density at radius 3 is 1.71 bits per heavy atom. The lowest BCUT2D eigenvalue weighted by molar-refractivity contribution is 0.670. The van der Waals surface area contributed by atoms with E-state index < -0.39 is 0 Å². The lowest BCUT2D eigenvalue weighted by Gasteiger charge is -2.26. The van der Waals surface area contributed by atoms with E-state index in [1.807, 2.05) is 6.07 Å². The molecule has 12 rings (SSSR count). The summed E-state index contributed by atoms with van der Waals surface area (Å²) < 4.78 is 13.2. The van der Waals surface area contributed by atoms with Gasteiger partial charge in [-0.1, -0.05) is 158 Å². The van der Waals surface area contributed by atoms with Crippen LogP contribution < -0.4 is 4.90 Å². The third-order valence-corrected chi connectivity index (χ3v) is 11.9. The minimum Gasteiger partial charge on any atom is -0.455 e. The van der Waals surface area contributed by atoms with Gasteiger partial charge in [0.2, 0.25) is 0 Å². The Hall–Kier alpha value is -7.88. The second-order valence-electron chi connectivity index (χ2n) is 15.2. The molecule has 0 saturated heterocycles. The van der Waals surface area contributed by atoms with Crippen LogP contribution in [-0.2, 0) is 0 Å². The van der Waals surface area contributed by atoms with Crippen LogP contribution in [0.1, 0.15) is 0 Å². The molecule has 0 saturated carbocycles. The van der Waals surface area contributed by atoms with Gasteiger partial charge in [-0.3, -0.25) is 0 Å². The molecule has 12 aromatic rings. The third kappa shape index (κ3) is 5.44. The standard InChI is InChI=1S/C56H35NO2/c1-2-11-38(12-3-1)47-19-9-20-48-50-35-41(28-34-52(50)58-55(47)48)36-23-29-42(30-24-36)57(43-31-25-40(26-32-43)45-18-8-15-37-13-4-6-16-44(37)45)51-21-10-22-53-54(51)49-33-27-39-14-5-7-17-46(39)56(49)59-53/h1-35H. The highest BCUT2D eigenvalue weighted by Gasteiger charge is 2.21. The highest BCUT2D eigenvalue weighted by Crippen LogP contribution is 2.45. The molecule has 10 aromatic carbocycles. The molecule has 0 unspecified atom stereocenters. The number of anilines is 3. The van der Waals surface area contributed by atoms with Gasteiger partial charge in [-0.25, -0.2) is 0 Å². The van der Waals surface area contributed by atoms with Crippen LogP contribution in [0.15, 0.2) is 221 Å². The van der Waals surface area contributed by atoms with Gasteiger partial charge in [0.05, 0.1) is 11.1 Å². The van der Waals surface area contributed by atoms with Crippen molar-refractivity contribution in [3.8, 4) is 33.4 Å². The van der Waals surface area contributed by atoms with E-state index in [-0.39, 0.29) is 0 Å². The van der Waals surface area contributed by atoms with Crippen molar-refractivity contribution in [2.24, 2.45) is 0 Å². The topological polar surface area (TPSA) is 29.5 Å². The fraction of sp³-hybridized carbons (Fsp3) is 0. The second kappa shape index (κ2) is 13.4. The molecule has 0 aliphatic carbocycles. The molecular weight excluding hydrogens is 719 g/mol. The quantitative estimate of drug-likeness (QED) is 0.169. The minimum absolute atomic E-state index is 0.860. The summed E-state index contributed by atoms with van der Waals surface area (Å²) in [6.07, 6.45) is 0. The number of para-hydroxylation sites is 1. The Morgan fingerprint density at radius 1 is 0.305 bits per heavy atom. The Labute approximate surface area is 340 Å². The monoisotopic (exact) mass is 753 g/mol. The first-order valence-electron chi connectivity index (χ1n) is 20.1. The minimum atomic E-state index is 0.860. The molecule has 59 heavy (non-hydrogen) atoms. The van der Waals surface area contributed by atoms with E-state index in [1.165, 1.54) is 21.9 Å². The van der Waals surface area contributed by atoms with Crippen molar-refractivity contribution in [3.63, 3.8) is 0 Å². The molecule has 0 amide bonds. The smallest absolute Gasteiger partial charge is 0.143 e. The van der Waals surface area contributed by atoms with E-state index in [1.54, 1.807) is 0 Å². The zero-order valence-electron chi connectivity index (χ0n) is 32.0. The number of fused-ring (bicyclic) bond motifs is 9. The molecule has 0 aliphatic rings. The highest BCUT2D eigenvalue weighted by atomic mass is 16.3. The predicted molar refractivity (Wildman–Crippen MR) is 247 cm³/mol. The lowest BCUT2D eigenvalue weighted by atomic mass is 9.98. The van der Waals surface area contributed by atoms with Crippen LogP contribution in [0.25, 0.3) is 98.8 Å². The lowest BCUT2D eigenvalue weighted by Crippen LogP contribution is -2.10. The summed E-state index contributed by atoms with van der Waals surface area (Å²) in [5.41, 5.74) is 13.7. The maximum atomic E-state index is 6.68. The largest absolute Gasteiger partial charge is 0.455 e. The van der Waals surface area contributed by atoms with Gasteiger partial charge in [0.1, 0.15) is 22.3 Å². The zero-order valence-corrected chi connectivity index (χ0v) is 32.0. The summed E-state index contributed by atoms with van der Waals surface area (Å²) in [5.74, 6) is 0. The van der Waals surface area contributed by atoms with E-state index in [0.29, 0.717) is 0 Å². The van der Waals surface area contributed by atoms with Crippen LogP contribution in [0.2, 0.25) is 0 Å².